The highest BCUT2D eigenvalue weighted by Gasteiger charge is 2.13. The molecule has 0 bridgehead atoms. The fourth-order valence-electron chi connectivity index (χ4n) is 3.21. The number of nitriles is 1. The van der Waals surface area contributed by atoms with Crippen LogP contribution in [0.2, 0.25) is 0 Å². The van der Waals surface area contributed by atoms with Gasteiger partial charge >= 0.3 is 0 Å². The molecule has 0 spiro atoms. The maximum Gasteiger partial charge on any atom is 0.127 e. The molecule has 0 amide bonds. The van der Waals surface area contributed by atoms with Crippen molar-refractivity contribution in [2.75, 3.05) is 0 Å². The average molecular weight is 391 g/mol. The third kappa shape index (κ3) is 5.06. The molecule has 146 valence electrons. The molecular weight excluding hydrogens is 370 g/mol. The fraction of sp³-hybridized carbons (Fsp3) is 0.0741. The monoisotopic (exact) mass is 391 g/mol. The predicted octanol–water partition coefficient (Wildman–Crippen LogP) is 7.12. The highest BCUT2D eigenvalue weighted by Crippen LogP contribution is 2.28. The lowest BCUT2D eigenvalue weighted by Gasteiger charge is -2.13. The highest BCUT2D eigenvalue weighted by molar-refractivity contribution is 5.39. The lowest BCUT2D eigenvalue weighted by molar-refractivity contribution is 0.481. The third-order valence-corrected chi connectivity index (χ3v) is 4.74. The summed E-state index contributed by atoms with van der Waals surface area (Å²) in [5, 5.41) is 9.76. The van der Waals surface area contributed by atoms with E-state index >= 15 is 0 Å². The molecule has 0 saturated carbocycles. The molecule has 30 heavy (non-hydrogen) atoms. The molecule has 1 atom stereocenters. The molecule has 4 rings (SSSR count). The van der Waals surface area contributed by atoms with Crippen molar-refractivity contribution < 1.29 is 9.47 Å². The Hall–Kier alpha value is -4.03. The van der Waals surface area contributed by atoms with E-state index in [0.717, 1.165) is 34.1 Å². The van der Waals surface area contributed by atoms with Gasteiger partial charge in [0.2, 0.25) is 0 Å². The molecule has 0 aromatic heterocycles. The molecule has 3 nitrogen and oxygen atoms in total. The Morgan fingerprint density at radius 2 is 1.13 bits per heavy atom. The van der Waals surface area contributed by atoms with Gasteiger partial charge in [0.05, 0.1) is 12.0 Å². The smallest absolute Gasteiger partial charge is 0.127 e. The summed E-state index contributed by atoms with van der Waals surface area (Å²) in [4.78, 5) is 0. The molecule has 0 N–H and O–H groups in total. The summed E-state index contributed by atoms with van der Waals surface area (Å²) < 4.78 is 11.8. The lowest BCUT2D eigenvalue weighted by Crippen LogP contribution is -2.01. The first-order valence-corrected chi connectivity index (χ1v) is 9.84. The second-order valence-electron chi connectivity index (χ2n) is 6.93. The Labute approximate surface area is 176 Å². The van der Waals surface area contributed by atoms with Crippen LogP contribution in [0.25, 0.3) is 0 Å². The van der Waals surface area contributed by atoms with Crippen LogP contribution in [0.3, 0.4) is 0 Å². The molecule has 0 saturated heterocycles. The Morgan fingerprint density at radius 1 is 0.600 bits per heavy atom. The predicted molar refractivity (Wildman–Crippen MR) is 118 cm³/mol. The normalized spacial score (nSPS) is 11.3. The maximum atomic E-state index is 9.76. The molecule has 0 fully saturated rings. The molecule has 0 aliphatic heterocycles. The Bertz CT molecular complexity index is 1120. The van der Waals surface area contributed by atoms with Gasteiger partial charge < -0.3 is 9.47 Å². The Kier molecular flexibility index (Phi) is 6.08. The van der Waals surface area contributed by atoms with Crippen LogP contribution in [0.4, 0.5) is 0 Å². The summed E-state index contributed by atoms with van der Waals surface area (Å²) in [5.41, 5.74) is 2.02. The van der Waals surface area contributed by atoms with Crippen molar-refractivity contribution in [1.82, 2.24) is 0 Å². The number of hydrogen-bond donors (Lipinski definition) is 0. The van der Waals surface area contributed by atoms with Gasteiger partial charge in [0.25, 0.3) is 0 Å². The molecule has 4 aromatic rings. The summed E-state index contributed by atoms with van der Waals surface area (Å²) in [6.45, 7) is 0. The van der Waals surface area contributed by atoms with Crippen LogP contribution in [0.5, 0.6) is 23.0 Å². The van der Waals surface area contributed by atoms with Crippen LogP contribution in [0, 0.1) is 11.3 Å². The number of rotatable bonds is 7. The number of hydrogen-bond acceptors (Lipinski definition) is 3. The first-order chi connectivity index (χ1) is 14.8. The minimum absolute atomic E-state index is 0.259. The van der Waals surface area contributed by atoms with Crippen molar-refractivity contribution in [3.8, 4) is 29.1 Å². The summed E-state index contributed by atoms with van der Waals surface area (Å²) in [6.07, 6.45) is 0.622. The summed E-state index contributed by atoms with van der Waals surface area (Å²) in [5.74, 6) is 2.82. The minimum atomic E-state index is -0.259. The first-order valence-electron chi connectivity index (χ1n) is 9.84. The Balaban J connectivity index is 1.44. The number of para-hydroxylation sites is 2. The first kappa shape index (κ1) is 19.3. The van der Waals surface area contributed by atoms with Crippen LogP contribution >= 0.6 is 0 Å². The third-order valence-electron chi connectivity index (χ3n) is 4.74. The number of benzene rings is 4. The second-order valence-corrected chi connectivity index (χ2v) is 6.93. The molecular formula is C27H21NO2. The molecule has 0 aliphatic rings. The van der Waals surface area contributed by atoms with Crippen LogP contribution < -0.4 is 9.47 Å². The van der Waals surface area contributed by atoms with Crippen molar-refractivity contribution in [3.05, 3.63) is 120 Å². The number of ether oxygens (including phenoxy) is 2. The zero-order valence-corrected chi connectivity index (χ0v) is 16.4. The van der Waals surface area contributed by atoms with Crippen molar-refractivity contribution in [1.29, 1.82) is 5.26 Å². The van der Waals surface area contributed by atoms with E-state index in [9.17, 15) is 5.26 Å². The number of nitrogens with zero attached hydrogens (tertiary/aromatic N) is 1. The standard InChI is InChI=1S/C27H21NO2/c28-20-23(22-8-7-13-27(19-22)30-25-11-5-2-6-12-25)18-21-14-16-26(17-15-21)29-24-9-3-1-4-10-24/h1-17,19,23H,18H2. The van der Waals surface area contributed by atoms with Gasteiger partial charge in [0.1, 0.15) is 23.0 Å². The average Bonchev–Trinajstić information content (AvgIpc) is 2.80. The molecule has 0 radical (unpaired) electrons. The van der Waals surface area contributed by atoms with E-state index in [1.54, 1.807) is 0 Å². The fourth-order valence-corrected chi connectivity index (χ4v) is 3.21. The van der Waals surface area contributed by atoms with Gasteiger partial charge in [-0.1, -0.05) is 60.7 Å². The summed E-state index contributed by atoms with van der Waals surface area (Å²) in [7, 11) is 0. The van der Waals surface area contributed by atoms with Crippen molar-refractivity contribution >= 4 is 0 Å². The quantitative estimate of drug-likeness (QED) is 0.337. The van der Waals surface area contributed by atoms with Crippen LogP contribution in [-0.2, 0) is 6.42 Å². The van der Waals surface area contributed by atoms with Gasteiger partial charge in [0, 0.05) is 0 Å². The van der Waals surface area contributed by atoms with Gasteiger partial charge in [-0.2, -0.15) is 5.26 Å². The van der Waals surface area contributed by atoms with Gasteiger partial charge in [0.15, 0.2) is 0 Å². The van der Waals surface area contributed by atoms with Gasteiger partial charge in [-0.3, -0.25) is 0 Å². The maximum absolute atomic E-state index is 9.76. The van der Waals surface area contributed by atoms with Gasteiger partial charge in [-0.15, -0.1) is 0 Å². The molecule has 3 heteroatoms. The zero-order chi connectivity index (χ0) is 20.6. The van der Waals surface area contributed by atoms with Gasteiger partial charge in [-0.05, 0) is 66.1 Å². The minimum Gasteiger partial charge on any atom is -0.457 e. The topological polar surface area (TPSA) is 42.2 Å². The van der Waals surface area contributed by atoms with Crippen molar-refractivity contribution in [2.45, 2.75) is 12.3 Å². The van der Waals surface area contributed by atoms with E-state index in [0.29, 0.717) is 6.42 Å². The molecule has 1 unspecified atom stereocenters. The molecule has 0 aliphatic carbocycles. The van der Waals surface area contributed by atoms with E-state index in [4.69, 9.17) is 9.47 Å². The summed E-state index contributed by atoms with van der Waals surface area (Å²) >= 11 is 0. The van der Waals surface area contributed by atoms with E-state index in [-0.39, 0.29) is 5.92 Å². The van der Waals surface area contributed by atoms with E-state index < -0.39 is 0 Å². The lowest BCUT2D eigenvalue weighted by atomic mass is 9.93. The molecule has 4 aromatic carbocycles. The van der Waals surface area contributed by atoms with Gasteiger partial charge in [-0.25, -0.2) is 0 Å². The van der Waals surface area contributed by atoms with Crippen molar-refractivity contribution in [3.63, 3.8) is 0 Å². The van der Waals surface area contributed by atoms with Crippen LogP contribution in [0.15, 0.2) is 109 Å². The van der Waals surface area contributed by atoms with Crippen LogP contribution in [-0.4, -0.2) is 0 Å². The largest absolute Gasteiger partial charge is 0.457 e. The van der Waals surface area contributed by atoms with Crippen molar-refractivity contribution in [2.24, 2.45) is 0 Å². The van der Waals surface area contributed by atoms with E-state index in [2.05, 4.69) is 6.07 Å². The highest BCUT2D eigenvalue weighted by atomic mass is 16.5. The van der Waals surface area contributed by atoms with Crippen LogP contribution in [0.1, 0.15) is 17.0 Å². The van der Waals surface area contributed by atoms with E-state index in [1.165, 1.54) is 0 Å². The Morgan fingerprint density at radius 3 is 1.73 bits per heavy atom. The zero-order valence-electron chi connectivity index (χ0n) is 16.4. The SMILES string of the molecule is N#CC(Cc1ccc(Oc2ccccc2)cc1)c1cccc(Oc2ccccc2)c1. The molecule has 0 heterocycles. The summed E-state index contributed by atoms with van der Waals surface area (Å²) in [6, 6.07) is 37.4. The second kappa shape index (κ2) is 9.45. The van der Waals surface area contributed by atoms with E-state index in [1.807, 2.05) is 109 Å².